The van der Waals surface area contributed by atoms with E-state index in [-0.39, 0.29) is 24.0 Å². The van der Waals surface area contributed by atoms with Gasteiger partial charge in [0.25, 0.3) is 0 Å². The minimum Gasteiger partial charge on any atom is -1.00 e. The van der Waals surface area contributed by atoms with E-state index in [4.69, 9.17) is 14.2 Å². The molecule has 0 saturated carbocycles. The molecule has 0 aliphatic heterocycles. The molecular formula is C23H26INO3. The summed E-state index contributed by atoms with van der Waals surface area (Å²) in [6.45, 7) is 3.15. The van der Waals surface area contributed by atoms with E-state index in [1.807, 2.05) is 18.2 Å². The Morgan fingerprint density at radius 3 is 2.14 bits per heavy atom. The number of rotatable bonds is 7. The number of hydrogen-bond donors (Lipinski definition) is 0. The molecule has 0 bridgehead atoms. The Morgan fingerprint density at radius 1 is 0.857 bits per heavy atom. The molecule has 1 aromatic heterocycles. The maximum absolute atomic E-state index is 5.55. The lowest BCUT2D eigenvalue weighted by Gasteiger charge is -2.12. The molecule has 0 fully saturated rings. The molecule has 148 valence electrons. The number of hydrogen-bond acceptors (Lipinski definition) is 3. The van der Waals surface area contributed by atoms with Crippen molar-refractivity contribution < 1.29 is 42.8 Å². The Kier molecular flexibility index (Phi) is 8.11. The third kappa shape index (κ3) is 4.58. The van der Waals surface area contributed by atoms with Gasteiger partial charge in [-0.3, -0.25) is 0 Å². The zero-order chi connectivity index (χ0) is 19.2. The van der Waals surface area contributed by atoms with Gasteiger partial charge in [0.2, 0.25) is 11.2 Å². The van der Waals surface area contributed by atoms with E-state index < -0.39 is 0 Å². The smallest absolute Gasteiger partial charge is 0.212 e. The molecule has 28 heavy (non-hydrogen) atoms. The average molecular weight is 491 g/mol. The molecule has 0 saturated heterocycles. The van der Waals surface area contributed by atoms with Gasteiger partial charge in [-0.1, -0.05) is 19.1 Å². The Labute approximate surface area is 183 Å². The van der Waals surface area contributed by atoms with E-state index in [1.54, 1.807) is 21.3 Å². The molecule has 2 aromatic carbocycles. The summed E-state index contributed by atoms with van der Waals surface area (Å²) >= 11 is 0. The van der Waals surface area contributed by atoms with Gasteiger partial charge < -0.3 is 38.2 Å². The predicted molar refractivity (Wildman–Crippen MR) is 109 cm³/mol. The number of aryl methyl sites for hydroxylation is 1. The molecule has 0 aliphatic carbocycles. The molecule has 0 atom stereocenters. The molecule has 0 N–H and O–H groups in total. The monoisotopic (exact) mass is 491 g/mol. The predicted octanol–water partition coefficient (Wildman–Crippen LogP) is 1.74. The Bertz CT molecular complexity index is 944. The highest BCUT2D eigenvalue weighted by atomic mass is 127. The van der Waals surface area contributed by atoms with Crippen molar-refractivity contribution in [1.29, 1.82) is 0 Å². The number of benzene rings is 2. The fourth-order valence-electron chi connectivity index (χ4n) is 3.26. The molecule has 0 unspecified atom stereocenters. The second kappa shape index (κ2) is 10.3. The maximum atomic E-state index is 5.55. The topological polar surface area (TPSA) is 31.6 Å². The molecular weight excluding hydrogens is 465 g/mol. The largest absolute Gasteiger partial charge is 1.00 e. The number of nitrogens with zero attached hydrogens (tertiary/aromatic N) is 1. The normalized spacial score (nSPS) is 10.7. The minimum atomic E-state index is 0. The third-order valence-electron chi connectivity index (χ3n) is 4.59. The quantitative estimate of drug-likeness (QED) is 0.373. The lowest BCUT2D eigenvalue weighted by molar-refractivity contribution is -0.673. The number of halogens is 1. The first kappa shape index (κ1) is 22.0. The van der Waals surface area contributed by atoms with Gasteiger partial charge in [0.15, 0.2) is 0 Å². The van der Waals surface area contributed by atoms with Crippen LogP contribution in [0.4, 0.5) is 0 Å². The second-order valence-corrected chi connectivity index (χ2v) is 6.25. The maximum Gasteiger partial charge on any atom is 0.212 e. The van der Waals surface area contributed by atoms with Crippen LogP contribution in [0.3, 0.4) is 0 Å². The zero-order valence-electron chi connectivity index (χ0n) is 16.7. The van der Waals surface area contributed by atoms with E-state index in [1.165, 1.54) is 10.9 Å². The average Bonchev–Trinajstić information content (AvgIpc) is 2.72. The second-order valence-electron chi connectivity index (χ2n) is 6.25. The van der Waals surface area contributed by atoms with Crippen LogP contribution in [0.1, 0.15) is 24.6 Å². The van der Waals surface area contributed by atoms with Gasteiger partial charge in [0, 0.05) is 42.1 Å². The molecule has 3 aromatic rings. The summed E-state index contributed by atoms with van der Waals surface area (Å²) in [6.07, 6.45) is 5.21. The van der Waals surface area contributed by atoms with Crippen molar-refractivity contribution in [2.24, 2.45) is 0 Å². The fraction of sp³-hybridized carbons (Fsp3) is 0.261. The highest BCUT2D eigenvalue weighted by molar-refractivity contribution is 5.79. The molecule has 5 heteroatoms. The summed E-state index contributed by atoms with van der Waals surface area (Å²) in [6, 6.07) is 16.5. The molecule has 3 rings (SSSR count). The minimum absolute atomic E-state index is 0. The number of methoxy groups -OCH3 is 3. The summed E-state index contributed by atoms with van der Waals surface area (Å²) in [5, 5.41) is 1.24. The number of pyridine rings is 1. The van der Waals surface area contributed by atoms with Crippen LogP contribution >= 0.6 is 0 Å². The van der Waals surface area contributed by atoms with Crippen molar-refractivity contribution in [2.75, 3.05) is 21.3 Å². The lowest BCUT2D eigenvalue weighted by Crippen LogP contribution is -3.00. The van der Waals surface area contributed by atoms with Crippen LogP contribution < -0.4 is 42.8 Å². The number of para-hydroxylation sites is 1. The van der Waals surface area contributed by atoms with E-state index in [2.05, 4.69) is 54.0 Å². The van der Waals surface area contributed by atoms with Crippen LogP contribution in [-0.4, -0.2) is 21.3 Å². The molecule has 1 heterocycles. The Morgan fingerprint density at radius 2 is 1.54 bits per heavy atom. The summed E-state index contributed by atoms with van der Waals surface area (Å²) in [5.41, 5.74) is 3.25. The standard InChI is InChI=1S/C23H26NO3.HI/c1-5-14-24-18(11-10-17-8-6-7-9-21(17)24)12-13-20-22(26-3)15-19(25-2)16-23(20)27-4;/h6-13,15-16H,5,14H2,1-4H3;1H/q+1;/p-1/b13-12+;. The van der Waals surface area contributed by atoms with Crippen molar-refractivity contribution in [1.82, 2.24) is 0 Å². The molecule has 0 spiro atoms. The Hall–Kier alpha value is -2.28. The lowest BCUT2D eigenvalue weighted by atomic mass is 10.1. The van der Waals surface area contributed by atoms with Gasteiger partial charge in [-0.15, -0.1) is 0 Å². The van der Waals surface area contributed by atoms with Crippen LogP contribution in [0.2, 0.25) is 0 Å². The van der Waals surface area contributed by atoms with Gasteiger partial charge in [0.1, 0.15) is 23.8 Å². The molecule has 0 amide bonds. The van der Waals surface area contributed by atoms with Gasteiger partial charge in [0.05, 0.1) is 26.9 Å². The zero-order valence-corrected chi connectivity index (χ0v) is 18.9. The third-order valence-corrected chi connectivity index (χ3v) is 4.59. The fourth-order valence-corrected chi connectivity index (χ4v) is 3.26. The van der Waals surface area contributed by atoms with Crippen molar-refractivity contribution in [3.8, 4) is 17.2 Å². The van der Waals surface area contributed by atoms with Gasteiger partial charge in [-0.25, -0.2) is 0 Å². The SMILES string of the molecule is CCC[n+]1c(/C=C/c2c(OC)cc(OC)cc2OC)ccc2ccccc21.[I-]. The van der Waals surface area contributed by atoms with Gasteiger partial charge >= 0.3 is 0 Å². The van der Waals surface area contributed by atoms with E-state index >= 15 is 0 Å². The number of ether oxygens (including phenoxy) is 3. The highest BCUT2D eigenvalue weighted by Crippen LogP contribution is 2.35. The molecule has 4 nitrogen and oxygen atoms in total. The first-order valence-corrected chi connectivity index (χ1v) is 9.11. The van der Waals surface area contributed by atoms with E-state index in [0.29, 0.717) is 17.2 Å². The number of fused-ring (bicyclic) bond motifs is 1. The van der Waals surface area contributed by atoms with Crippen LogP contribution in [0.5, 0.6) is 17.2 Å². The summed E-state index contributed by atoms with van der Waals surface area (Å²) < 4.78 is 18.8. The van der Waals surface area contributed by atoms with E-state index in [0.717, 1.165) is 24.2 Å². The first-order valence-electron chi connectivity index (χ1n) is 9.11. The van der Waals surface area contributed by atoms with Crippen molar-refractivity contribution in [2.45, 2.75) is 19.9 Å². The summed E-state index contributed by atoms with van der Waals surface area (Å²) in [7, 11) is 4.93. The van der Waals surface area contributed by atoms with Gasteiger partial charge in [-0.05, 0) is 18.2 Å². The highest BCUT2D eigenvalue weighted by Gasteiger charge is 2.14. The van der Waals surface area contributed by atoms with Crippen LogP contribution in [-0.2, 0) is 6.54 Å². The summed E-state index contributed by atoms with van der Waals surface area (Å²) in [5.74, 6) is 2.13. The summed E-state index contributed by atoms with van der Waals surface area (Å²) in [4.78, 5) is 0. The van der Waals surface area contributed by atoms with Crippen molar-refractivity contribution in [3.05, 3.63) is 59.8 Å². The van der Waals surface area contributed by atoms with Crippen molar-refractivity contribution >= 4 is 23.1 Å². The Balaban J connectivity index is 0.00000280. The molecule has 0 radical (unpaired) electrons. The number of aromatic nitrogens is 1. The first-order chi connectivity index (χ1) is 13.2. The van der Waals surface area contributed by atoms with Crippen LogP contribution in [0, 0.1) is 0 Å². The van der Waals surface area contributed by atoms with E-state index in [9.17, 15) is 0 Å². The van der Waals surface area contributed by atoms with Gasteiger partial charge in [-0.2, -0.15) is 4.57 Å². The van der Waals surface area contributed by atoms with Crippen LogP contribution in [0.15, 0.2) is 48.5 Å². The molecule has 0 aliphatic rings. The van der Waals surface area contributed by atoms with Crippen molar-refractivity contribution in [3.63, 3.8) is 0 Å². The van der Waals surface area contributed by atoms with Crippen LogP contribution in [0.25, 0.3) is 23.1 Å².